The normalized spacial score (nSPS) is 14.9. The highest BCUT2D eigenvalue weighted by atomic mass is 32.1. The lowest BCUT2D eigenvalue weighted by atomic mass is 10.2. The molecule has 112 valence electrons. The van der Waals surface area contributed by atoms with Crippen LogP contribution in [0.15, 0.2) is 4.79 Å². The predicted molar refractivity (Wildman–Crippen MR) is 82.9 cm³/mol. The predicted octanol–water partition coefficient (Wildman–Crippen LogP) is 1.25. The van der Waals surface area contributed by atoms with Crippen LogP contribution in [0.3, 0.4) is 0 Å². The summed E-state index contributed by atoms with van der Waals surface area (Å²) in [5.74, 6) is 0.527. The number of amides is 1. The van der Waals surface area contributed by atoms with Crippen molar-refractivity contribution >= 4 is 27.5 Å². The molecule has 0 saturated heterocycles. The van der Waals surface area contributed by atoms with Gasteiger partial charge >= 0.3 is 0 Å². The molecule has 21 heavy (non-hydrogen) atoms. The third-order valence-corrected chi connectivity index (χ3v) is 4.62. The number of hydrogen-bond acceptors (Lipinski definition) is 5. The van der Waals surface area contributed by atoms with Crippen molar-refractivity contribution in [3.05, 3.63) is 26.6 Å². The molecule has 1 aliphatic carbocycles. The van der Waals surface area contributed by atoms with Crippen LogP contribution in [0, 0.1) is 6.92 Å². The number of nitrogens with one attached hydrogen (secondary N) is 2. The van der Waals surface area contributed by atoms with Gasteiger partial charge in [-0.2, -0.15) is 0 Å². The molecule has 2 aromatic heterocycles. The van der Waals surface area contributed by atoms with Gasteiger partial charge in [0.2, 0.25) is 0 Å². The number of H-pyrrole nitrogens is 1. The van der Waals surface area contributed by atoms with Gasteiger partial charge in [0.05, 0.1) is 16.8 Å². The monoisotopic (exact) mass is 306 g/mol. The molecule has 0 unspecified atom stereocenters. The standard InChI is InChI=1S/C14H18N4O2S/c1-7-10-12(19)16-9(6-18(2)3)17-14(10)21-11(7)13(20)15-8-4-5-8/h8H,4-6H2,1-3H3,(H,15,20)(H,16,17,19). The van der Waals surface area contributed by atoms with E-state index in [0.717, 1.165) is 18.4 Å². The first-order valence-electron chi connectivity index (χ1n) is 6.93. The van der Waals surface area contributed by atoms with Crippen molar-refractivity contribution in [1.82, 2.24) is 20.2 Å². The van der Waals surface area contributed by atoms with E-state index in [1.54, 1.807) is 0 Å². The molecule has 1 fully saturated rings. The lowest BCUT2D eigenvalue weighted by molar-refractivity contribution is 0.0954. The number of carbonyl (C=O) groups excluding carboxylic acids is 1. The number of thiophene rings is 1. The van der Waals surface area contributed by atoms with Gasteiger partial charge in [-0.05, 0) is 39.4 Å². The lowest BCUT2D eigenvalue weighted by Gasteiger charge is -2.07. The minimum absolute atomic E-state index is 0.0911. The zero-order chi connectivity index (χ0) is 15.1. The second kappa shape index (κ2) is 5.23. The summed E-state index contributed by atoms with van der Waals surface area (Å²) in [6, 6.07) is 0.303. The van der Waals surface area contributed by atoms with Gasteiger partial charge < -0.3 is 15.2 Å². The number of hydrogen-bond donors (Lipinski definition) is 2. The summed E-state index contributed by atoms with van der Waals surface area (Å²) < 4.78 is 0. The molecule has 1 aliphatic rings. The topological polar surface area (TPSA) is 78.1 Å². The van der Waals surface area contributed by atoms with Crippen LogP contribution in [-0.4, -0.2) is 40.9 Å². The Morgan fingerprint density at radius 2 is 2.19 bits per heavy atom. The molecular formula is C14H18N4O2S. The van der Waals surface area contributed by atoms with Gasteiger partial charge in [0.1, 0.15) is 10.7 Å². The van der Waals surface area contributed by atoms with E-state index in [1.165, 1.54) is 11.3 Å². The van der Waals surface area contributed by atoms with Crippen molar-refractivity contribution in [2.45, 2.75) is 32.4 Å². The maximum absolute atomic E-state index is 12.2. The van der Waals surface area contributed by atoms with Gasteiger partial charge in [-0.3, -0.25) is 9.59 Å². The smallest absolute Gasteiger partial charge is 0.261 e. The second-order valence-corrected chi connectivity index (χ2v) is 6.73. The van der Waals surface area contributed by atoms with E-state index in [9.17, 15) is 9.59 Å². The molecule has 7 heteroatoms. The van der Waals surface area contributed by atoms with Gasteiger partial charge in [0.25, 0.3) is 11.5 Å². The van der Waals surface area contributed by atoms with Crippen molar-refractivity contribution in [2.24, 2.45) is 0 Å². The molecule has 1 saturated carbocycles. The number of aromatic nitrogens is 2. The first-order chi connectivity index (χ1) is 9.95. The second-order valence-electron chi connectivity index (χ2n) is 5.73. The maximum Gasteiger partial charge on any atom is 0.261 e. The Labute approximate surface area is 126 Å². The molecule has 0 spiro atoms. The Balaban J connectivity index is 2.03. The van der Waals surface area contributed by atoms with Crippen molar-refractivity contribution < 1.29 is 4.79 Å². The van der Waals surface area contributed by atoms with Crippen LogP contribution < -0.4 is 10.9 Å². The fraction of sp³-hybridized carbons (Fsp3) is 0.500. The molecule has 0 bridgehead atoms. The van der Waals surface area contributed by atoms with Crippen molar-refractivity contribution in [3.63, 3.8) is 0 Å². The molecule has 6 nitrogen and oxygen atoms in total. The lowest BCUT2D eigenvalue weighted by Crippen LogP contribution is -2.25. The van der Waals surface area contributed by atoms with Crippen LogP contribution in [0.2, 0.25) is 0 Å². The number of carbonyl (C=O) groups is 1. The van der Waals surface area contributed by atoms with E-state index in [2.05, 4.69) is 15.3 Å². The zero-order valence-electron chi connectivity index (χ0n) is 12.3. The van der Waals surface area contributed by atoms with E-state index in [0.29, 0.717) is 33.5 Å². The number of rotatable bonds is 4. The Hall–Kier alpha value is -1.73. The third-order valence-electron chi connectivity index (χ3n) is 3.43. The van der Waals surface area contributed by atoms with Crippen LogP contribution >= 0.6 is 11.3 Å². The Bertz CT molecular complexity index is 758. The van der Waals surface area contributed by atoms with E-state index < -0.39 is 0 Å². The summed E-state index contributed by atoms with van der Waals surface area (Å²) in [4.78, 5) is 34.9. The summed E-state index contributed by atoms with van der Waals surface area (Å²) >= 11 is 1.30. The fourth-order valence-electron chi connectivity index (χ4n) is 2.26. The van der Waals surface area contributed by atoms with Crippen molar-refractivity contribution in [2.75, 3.05) is 14.1 Å². The highest BCUT2D eigenvalue weighted by molar-refractivity contribution is 7.20. The largest absolute Gasteiger partial charge is 0.349 e. The number of aryl methyl sites for hydroxylation is 1. The summed E-state index contributed by atoms with van der Waals surface area (Å²) in [7, 11) is 3.83. The van der Waals surface area contributed by atoms with E-state index in [1.807, 2.05) is 25.9 Å². The number of nitrogens with zero attached hydrogens (tertiary/aromatic N) is 2. The third kappa shape index (κ3) is 2.84. The van der Waals surface area contributed by atoms with Crippen molar-refractivity contribution in [1.29, 1.82) is 0 Å². The van der Waals surface area contributed by atoms with Gasteiger partial charge in [0.15, 0.2) is 0 Å². The summed E-state index contributed by atoms with van der Waals surface area (Å²) in [6.45, 7) is 2.37. The van der Waals surface area contributed by atoms with Gasteiger partial charge in [-0.25, -0.2) is 4.98 Å². The SMILES string of the molecule is Cc1c(C(=O)NC2CC2)sc2nc(CN(C)C)[nH]c(=O)c12. The summed E-state index contributed by atoms with van der Waals surface area (Å²) in [5, 5.41) is 3.49. The average molecular weight is 306 g/mol. The molecule has 3 rings (SSSR count). The molecule has 0 atom stereocenters. The molecule has 2 N–H and O–H groups in total. The number of fused-ring (bicyclic) bond motifs is 1. The van der Waals surface area contributed by atoms with E-state index >= 15 is 0 Å². The molecule has 0 aromatic carbocycles. The molecular weight excluding hydrogens is 288 g/mol. The van der Waals surface area contributed by atoms with Crippen LogP contribution in [0.4, 0.5) is 0 Å². The van der Waals surface area contributed by atoms with E-state index in [-0.39, 0.29) is 11.5 Å². The average Bonchev–Trinajstić information content (AvgIpc) is 3.11. The minimum atomic E-state index is -0.170. The van der Waals surface area contributed by atoms with Crippen LogP contribution in [0.1, 0.15) is 33.9 Å². The van der Waals surface area contributed by atoms with E-state index in [4.69, 9.17) is 0 Å². The molecule has 0 radical (unpaired) electrons. The Morgan fingerprint density at radius 3 is 2.81 bits per heavy atom. The van der Waals surface area contributed by atoms with Crippen LogP contribution in [0.25, 0.3) is 10.2 Å². The maximum atomic E-state index is 12.2. The van der Waals surface area contributed by atoms with Crippen molar-refractivity contribution in [3.8, 4) is 0 Å². The first-order valence-corrected chi connectivity index (χ1v) is 7.75. The highest BCUT2D eigenvalue weighted by Gasteiger charge is 2.26. The first kappa shape index (κ1) is 14.2. The van der Waals surface area contributed by atoms with Crippen LogP contribution in [-0.2, 0) is 6.54 Å². The molecule has 1 amide bonds. The quantitative estimate of drug-likeness (QED) is 0.891. The molecule has 2 heterocycles. The summed E-state index contributed by atoms with van der Waals surface area (Å²) in [6.07, 6.45) is 2.09. The summed E-state index contributed by atoms with van der Waals surface area (Å²) in [5.41, 5.74) is 0.550. The Kier molecular flexibility index (Phi) is 3.54. The minimum Gasteiger partial charge on any atom is -0.349 e. The van der Waals surface area contributed by atoms with Gasteiger partial charge in [-0.15, -0.1) is 11.3 Å². The fourth-order valence-corrected chi connectivity index (χ4v) is 3.36. The number of aromatic amines is 1. The zero-order valence-corrected chi connectivity index (χ0v) is 13.1. The van der Waals surface area contributed by atoms with Gasteiger partial charge in [-0.1, -0.05) is 0 Å². The molecule has 0 aliphatic heterocycles. The highest BCUT2D eigenvalue weighted by Crippen LogP contribution is 2.28. The Morgan fingerprint density at radius 1 is 1.48 bits per heavy atom. The van der Waals surface area contributed by atoms with Gasteiger partial charge in [0, 0.05) is 6.04 Å². The molecule has 2 aromatic rings. The van der Waals surface area contributed by atoms with Crippen LogP contribution in [0.5, 0.6) is 0 Å².